The number of carbonyl (C=O) groups is 1. The lowest BCUT2D eigenvalue weighted by Crippen LogP contribution is -2.17. The molecular weight excluding hydrogens is 293 g/mol. The molecule has 72 valence electrons. The molecular formula is C10H8INO2. The van der Waals surface area contributed by atoms with E-state index in [0.29, 0.717) is 12.2 Å². The van der Waals surface area contributed by atoms with Crippen LogP contribution in [0.2, 0.25) is 0 Å². The summed E-state index contributed by atoms with van der Waals surface area (Å²) >= 11 is 2.20. The maximum atomic E-state index is 11.1. The number of nitrogens with two attached hydrogens (primary N) is 1. The highest BCUT2D eigenvalue weighted by Gasteiger charge is 2.17. The minimum absolute atomic E-state index is 0.449. The summed E-state index contributed by atoms with van der Waals surface area (Å²) in [5.41, 5.74) is 7.58. The van der Waals surface area contributed by atoms with Crippen molar-refractivity contribution in [2.24, 2.45) is 5.73 Å². The van der Waals surface area contributed by atoms with E-state index in [9.17, 15) is 4.79 Å². The number of benzene rings is 1. The van der Waals surface area contributed by atoms with E-state index in [1.54, 1.807) is 0 Å². The molecule has 0 aromatic heterocycles. The van der Waals surface area contributed by atoms with Gasteiger partial charge in [-0.15, -0.1) is 0 Å². The summed E-state index contributed by atoms with van der Waals surface area (Å²) in [4.78, 5) is 11.1. The number of hydrogen-bond acceptors (Lipinski definition) is 2. The van der Waals surface area contributed by atoms with Crippen LogP contribution in [-0.2, 0) is 16.1 Å². The summed E-state index contributed by atoms with van der Waals surface area (Å²) in [6.07, 6.45) is 1.43. The van der Waals surface area contributed by atoms with E-state index in [-0.39, 0.29) is 0 Å². The Labute approximate surface area is 95.1 Å². The monoisotopic (exact) mass is 301 g/mol. The molecule has 1 aliphatic rings. The summed E-state index contributed by atoms with van der Waals surface area (Å²) < 4.78 is 6.22. The molecule has 0 fully saturated rings. The van der Waals surface area contributed by atoms with E-state index in [1.165, 1.54) is 6.26 Å². The van der Waals surface area contributed by atoms with Crippen molar-refractivity contribution in [3.8, 4) is 0 Å². The van der Waals surface area contributed by atoms with Crippen LogP contribution in [0.1, 0.15) is 11.1 Å². The molecule has 2 rings (SSSR count). The standard InChI is InChI=1S/C10H8INO2/c11-7-2-1-6-4-14-5-9(10(12)13)8(6)3-7/h1-3,5H,4H2,(H2,12,13). The lowest BCUT2D eigenvalue weighted by molar-refractivity contribution is -0.112. The van der Waals surface area contributed by atoms with Crippen molar-refractivity contribution >= 4 is 34.1 Å². The highest BCUT2D eigenvalue weighted by Crippen LogP contribution is 2.26. The van der Waals surface area contributed by atoms with Gasteiger partial charge in [0, 0.05) is 3.57 Å². The van der Waals surface area contributed by atoms with Gasteiger partial charge >= 0.3 is 0 Å². The number of hydrogen-bond donors (Lipinski definition) is 1. The number of amides is 1. The number of fused-ring (bicyclic) bond motifs is 1. The number of halogens is 1. The van der Waals surface area contributed by atoms with Gasteiger partial charge in [-0.2, -0.15) is 0 Å². The Balaban J connectivity index is 2.56. The molecule has 0 bridgehead atoms. The molecule has 1 aromatic rings. The largest absolute Gasteiger partial charge is 0.496 e. The van der Waals surface area contributed by atoms with Crippen LogP contribution in [0.4, 0.5) is 0 Å². The summed E-state index contributed by atoms with van der Waals surface area (Å²) in [6, 6.07) is 5.87. The Bertz CT molecular complexity index is 426. The first kappa shape index (κ1) is 9.51. The predicted octanol–water partition coefficient (Wildman–Crippen LogP) is 1.65. The summed E-state index contributed by atoms with van der Waals surface area (Å²) in [5.74, 6) is -0.451. The van der Waals surface area contributed by atoms with Crippen molar-refractivity contribution in [2.75, 3.05) is 0 Å². The van der Waals surface area contributed by atoms with Crippen LogP contribution in [0.15, 0.2) is 24.5 Å². The summed E-state index contributed by atoms with van der Waals surface area (Å²) in [6.45, 7) is 0.503. The summed E-state index contributed by atoms with van der Waals surface area (Å²) in [7, 11) is 0. The molecule has 1 amide bonds. The van der Waals surface area contributed by atoms with Crippen LogP contribution in [0, 0.1) is 3.57 Å². The Kier molecular flexibility index (Phi) is 2.45. The van der Waals surface area contributed by atoms with E-state index >= 15 is 0 Å². The van der Waals surface area contributed by atoms with E-state index in [4.69, 9.17) is 10.5 Å². The van der Waals surface area contributed by atoms with Crippen LogP contribution in [0.5, 0.6) is 0 Å². The van der Waals surface area contributed by atoms with E-state index in [1.807, 2.05) is 18.2 Å². The van der Waals surface area contributed by atoms with E-state index in [0.717, 1.165) is 14.7 Å². The van der Waals surface area contributed by atoms with Crippen LogP contribution in [0.25, 0.3) is 5.57 Å². The van der Waals surface area contributed by atoms with E-state index < -0.39 is 5.91 Å². The average molecular weight is 301 g/mol. The van der Waals surface area contributed by atoms with Crippen LogP contribution >= 0.6 is 22.6 Å². The van der Waals surface area contributed by atoms with Crippen molar-refractivity contribution in [3.63, 3.8) is 0 Å². The zero-order valence-corrected chi connectivity index (χ0v) is 9.45. The zero-order chi connectivity index (χ0) is 10.1. The number of rotatable bonds is 1. The van der Waals surface area contributed by atoms with Crippen molar-refractivity contribution in [2.45, 2.75) is 6.61 Å². The first-order chi connectivity index (χ1) is 6.68. The highest BCUT2D eigenvalue weighted by molar-refractivity contribution is 14.1. The Morgan fingerprint density at radius 3 is 3.00 bits per heavy atom. The van der Waals surface area contributed by atoms with Gasteiger partial charge in [-0.25, -0.2) is 0 Å². The SMILES string of the molecule is NC(=O)C1=COCc2ccc(I)cc21. The highest BCUT2D eigenvalue weighted by atomic mass is 127. The first-order valence-electron chi connectivity index (χ1n) is 4.09. The van der Waals surface area contributed by atoms with Crippen LogP contribution in [0.3, 0.4) is 0 Å². The third-order valence-electron chi connectivity index (χ3n) is 2.07. The molecule has 4 heteroatoms. The third-order valence-corrected chi connectivity index (χ3v) is 2.74. The molecule has 1 aliphatic heterocycles. The smallest absolute Gasteiger partial charge is 0.252 e. The predicted molar refractivity (Wildman–Crippen MR) is 61.1 cm³/mol. The Hall–Kier alpha value is -1.04. The molecule has 0 unspecified atom stereocenters. The average Bonchev–Trinajstić information content (AvgIpc) is 2.16. The second kappa shape index (κ2) is 3.61. The molecule has 0 atom stereocenters. The molecule has 0 saturated heterocycles. The van der Waals surface area contributed by atoms with Crippen molar-refractivity contribution < 1.29 is 9.53 Å². The Morgan fingerprint density at radius 2 is 2.29 bits per heavy atom. The third kappa shape index (κ3) is 1.61. The minimum atomic E-state index is -0.451. The molecule has 0 spiro atoms. The van der Waals surface area contributed by atoms with Crippen LogP contribution in [-0.4, -0.2) is 5.91 Å². The number of primary amides is 1. The normalized spacial score (nSPS) is 13.9. The topological polar surface area (TPSA) is 52.3 Å². The lowest BCUT2D eigenvalue weighted by atomic mass is 9.99. The van der Waals surface area contributed by atoms with Gasteiger partial charge in [-0.1, -0.05) is 6.07 Å². The molecule has 0 radical (unpaired) electrons. The van der Waals surface area contributed by atoms with Gasteiger partial charge in [0.1, 0.15) is 6.61 Å². The zero-order valence-electron chi connectivity index (χ0n) is 7.29. The first-order valence-corrected chi connectivity index (χ1v) is 5.17. The molecule has 14 heavy (non-hydrogen) atoms. The molecule has 1 aromatic carbocycles. The molecule has 2 N–H and O–H groups in total. The fourth-order valence-electron chi connectivity index (χ4n) is 1.39. The van der Waals surface area contributed by atoms with Gasteiger partial charge < -0.3 is 10.5 Å². The van der Waals surface area contributed by atoms with Gasteiger partial charge in [-0.05, 0) is 45.9 Å². The second-order valence-electron chi connectivity index (χ2n) is 3.01. The summed E-state index contributed by atoms with van der Waals surface area (Å²) in [5, 5.41) is 0. The van der Waals surface area contributed by atoms with Gasteiger partial charge in [0.15, 0.2) is 0 Å². The fraction of sp³-hybridized carbons (Fsp3) is 0.100. The maximum Gasteiger partial charge on any atom is 0.252 e. The lowest BCUT2D eigenvalue weighted by Gasteiger charge is -2.16. The number of ether oxygens (including phenoxy) is 1. The maximum absolute atomic E-state index is 11.1. The molecule has 0 saturated carbocycles. The quantitative estimate of drug-likeness (QED) is 0.802. The molecule has 3 nitrogen and oxygen atoms in total. The van der Waals surface area contributed by atoms with Gasteiger partial charge in [-0.3, -0.25) is 4.79 Å². The Morgan fingerprint density at radius 1 is 1.50 bits per heavy atom. The van der Waals surface area contributed by atoms with Gasteiger partial charge in [0.2, 0.25) is 0 Å². The number of carbonyl (C=O) groups excluding carboxylic acids is 1. The molecule has 1 heterocycles. The second-order valence-corrected chi connectivity index (χ2v) is 4.25. The van der Waals surface area contributed by atoms with Crippen LogP contribution < -0.4 is 5.73 Å². The van der Waals surface area contributed by atoms with Gasteiger partial charge in [0.05, 0.1) is 11.8 Å². The van der Waals surface area contributed by atoms with Crippen molar-refractivity contribution in [3.05, 3.63) is 39.2 Å². The fourth-order valence-corrected chi connectivity index (χ4v) is 1.89. The van der Waals surface area contributed by atoms with Gasteiger partial charge in [0.25, 0.3) is 5.91 Å². The minimum Gasteiger partial charge on any atom is -0.496 e. The molecule has 0 aliphatic carbocycles. The van der Waals surface area contributed by atoms with E-state index in [2.05, 4.69) is 22.6 Å². The van der Waals surface area contributed by atoms with Crippen molar-refractivity contribution in [1.82, 2.24) is 0 Å². The van der Waals surface area contributed by atoms with Crippen molar-refractivity contribution in [1.29, 1.82) is 0 Å².